The van der Waals surface area contributed by atoms with Gasteiger partial charge in [0.15, 0.2) is 11.4 Å². The molecule has 0 bridgehead atoms. The highest BCUT2D eigenvalue weighted by Gasteiger charge is 2.53. The summed E-state index contributed by atoms with van der Waals surface area (Å²) in [6.07, 6.45) is 2.44. The van der Waals surface area contributed by atoms with Gasteiger partial charge in [0.05, 0.1) is 10.6 Å². The van der Waals surface area contributed by atoms with Crippen molar-refractivity contribution in [3.63, 3.8) is 0 Å². The molecule has 10 heteroatoms. The molecule has 1 aromatic heterocycles. The molecule has 1 aliphatic heterocycles. The minimum atomic E-state index is -0.970. The van der Waals surface area contributed by atoms with E-state index in [2.05, 4.69) is 5.32 Å². The van der Waals surface area contributed by atoms with Crippen molar-refractivity contribution in [1.29, 1.82) is 0 Å². The lowest BCUT2D eigenvalue weighted by molar-refractivity contribution is -0.0478. The molecule has 1 saturated carbocycles. The first-order valence-electron chi connectivity index (χ1n) is 10.3. The van der Waals surface area contributed by atoms with Crippen LogP contribution in [0.25, 0.3) is 0 Å². The molecule has 32 heavy (non-hydrogen) atoms. The lowest BCUT2D eigenvalue weighted by atomic mass is 9.66. The Morgan fingerprint density at radius 1 is 1.34 bits per heavy atom. The van der Waals surface area contributed by atoms with Crippen LogP contribution in [-0.2, 0) is 13.1 Å². The fourth-order valence-corrected chi connectivity index (χ4v) is 5.03. The number of carbonyl (C=O) groups is 2. The summed E-state index contributed by atoms with van der Waals surface area (Å²) in [5.74, 6) is -2.68. The molecule has 0 atom stereocenters. The van der Waals surface area contributed by atoms with E-state index in [0.29, 0.717) is 19.4 Å². The molecule has 2 heterocycles. The molecule has 4 rings (SSSR count). The number of amides is 2. The highest BCUT2D eigenvalue weighted by Crippen LogP contribution is 2.46. The zero-order valence-corrected chi connectivity index (χ0v) is 18.2. The predicted octanol–water partition coefficient (Wildman–Crippen LogP) is 1.89. The zero-order valence-electron chi connectivity index (χ0n) is 17.4. The second-order valence-corrected chi connectivity index (χ2v) is 8.73. The molecule has 2 aliphatic rings. The van der Waals surface area contributed by atoms with Gasteiger partial charge in [-0.25, -0.2) is 4.39 Å². The number of nitrogens with zero attached hydrogens (tertiary/aromatic N) is 2. The van der Waals surface area contributed by atoms with Crippen molar-refractivity contribution < 1.29 is 24.2 Å². The third kappa shape index (κ3) is 3.45. The van der Waals surface area contributed by atoms with E-state index in [1.54, 1.807) is 4.90 Å². The van der Waals surface area contributed by atoms with Crippen LogP contribution in [0.4, 0.5) is 4.39 Å². The molecular formula is C22H23ClFN3O5. The maximum absolute atomic E-state index is 14.1. The predicted molar refractivity (Wildman–Crippen MR) is 114 cm³/mol. The molecular weight excluding hydrogens is 441 g/mol. The van der Waals surface area contributed by atoms with E-state index < -0.39 is 34.3 Å². The van der Waals surface area contributed by atoms with Gasteiger partial charge in [-0.15, -0.1) is 0 Å². The van der Waals surface area contributed by atoms with E-state index in [0.717, 1.165) is 0 Å². The van der Waals surface area contributed by atoms with Gasteiger partial charge in [0.25, 0.3) is 11.8 Å². The number of pyridine rings is 1. The van der Waals surface area contributed by atoms with E-state index in [4.69, 9.17) is 11.6 Å². The summed E-state index contributed by atoms with van der Waals surface area (Å²) in [5, 5.41) is 22.3. The van der Waals surface area contributed by atoms with E-state index in [-0.39, 0.29) is 47.5 Å². The number of aliphatic hydroxyl groups excluding tert-OH is 1. The number of aromatic hydroxyl groups is 1. The Balaban J connectivity index is 1.65. The molecule has 1 spiro atoms. The van der Waals surface area contributed by atoms with Crippen molar-refractivity contribution in [2.45, 2.75) is 38.4 Å². The maximum Gasteiger partial charge on any atom is 0.275 e. The number of benzene rings is 1. The molecule has 1 aliphatic carbocycles. The fraction of sp³-hybridized carbons (Fsp3) is 0.409. The average Bonchev–Trinajstić information content (AvgIpc) is 2.74. The SMILES string of the molecule is CCN1C(=O)c2c(O)c(=O)c(C(=O)NCc3cccc(Cl)c3F)cn2C[C@]12C[C@H](CO)C2. The number of hydrogen-bond acceptors (Lipinski definition) is 5. The van der Waals surface area contributed by atoms with Crippen LogP contribution in [-0.4, -0.2) is 50.2 Å². The van der Waals surface area contributed by atoms with Crippen LogP contribution >= 0.6 is 11.6 Å². The number of hydrogen-bond donors (Lipinski definition) is 3. The Kier molecular flexibility index (Phi) is 5.72. The standard InChI is InChI=1S/C22H23ClFN3O5/c1-2-27-21(32)17-19(30)18(29)14(9-26(17)11-22(27)6-12(7-22)10-28)20(31)25-8-13-4-3-5-15(23)16(13)24/h3-5,9,12,28,30H,2,6-8,10-11H2,1H3,(H,25,31)/t12-,22+. The van der Waals surface area contributed by atoms with Crippen LogP contribution in [0.3, 0.4) is 0 Å². The Bertz CT molecular complexity index is 1160. The van der Waals surface area contributed by atoms with Crippen LogP contribution in [0, 0.1) is 11.7 Å². The van der Waals surface area contributed by atoms with E-state index in [1.807, 2.05) is 6.92 Å². The van der Waals surface area contributed by atoms with Gasteiger partial charge in [0, 0.05) is 38.0 Å². The number of carbonyl (C=O) groups excluding carboxylic acids is 2. The third-order valence-corrected chi connectivity index (χ3v) is 6.66. The summed E-state index contributed by atoms with van der Waals surface area (Å²) in [6.45, 7) is 2.29. The van der Waals surface area contributed by atoms with Gasteiger partial charge in [-0.2, -0.15) is 0 Å². The molecule has 2 amide bonds. The van der Waals surface area contributed by atoms with Gasteiger partial charge in [-0.05, 0) is 31.7 Å². The van der Waals surface area contributed by atoms with E-state index >= 15 is 0 Å². The lowest BCUT2D eigenvalue weighted by Gasteiger charge is -2.56. The molecule has 8 nitrogen and oxygen atoms in total. The molecule has 0 radical (unpaired) electrons. The van der Waals surface area contributed by atoms with Crippen molar-refractivity contribution >= 4 is 23.4 Å². The fourth-order valence-electron chi connectivity index (χ4n) is 4.83. The number of aliphatic hydroxyl groups is 1. The number of likely N-dealkylation sites (N-methyl/N-ethyl adjacent to an activating group) is 1. The largest absolute Gasteiger partial charge is 0.503 e. The van der Waals surface area contributed by atoms with Crippen molar-refractivity contribution in [3.8, 4) is 5.75 Å². The normalized spacial score (nSPS) is 21.9. The summed E-state index contributed by atoms with van der Waals surface area (Å²) in [5.41, 5.74) is -1.87. The lowest BCUT2D eigenvalue weighted by Crippen LogP contribution is -2.65. The van der Waals surface area contributed by atoms with Gasteiger partial charge in [0.1, 0.15) is 11.4 Å². The number of nitrogens with one attached hydrogen (secondary N) is 1. The second-order valence-electron chi connectivity index (χ2n) is 8.32. The molecule has 0 unspecified atom stereocenters. The first kappa shape index (κ1) is 22.3. The average molecular weight is 464 g/mol. The van der Waals surface area contributed by atoms with Gasteiger partial charge in [-0.1, -0.05) is 23.7 Å². The quantitative estimate of drug-likeness (QED) is 0.627. The topological polar surface area (TPSA) is 112 Å². The second kappa shape index (κ2) is 8.22. The highest BCUT2D eigenvalue weighted by atomic mass is 35.5. The Morgan fingerprint density at radius 3 is 2.72 bits per heavy atom. The third-order valence-electron chi connectivity index (χ3n) is 6.37. The molecule has 1 fully saturated rings. The molecule has 2 aromatic rings. The van der Waals surface area contributed by atoms with Crippen LogP contribution in [0.2, 0.25) is 5.02 Å². The van der Waals surface area contributed by atoms with E-state index in [1.165, 1.54) is 29.0 Å². The van der Waals surface area contributed by atoms with Gasteiger partial charge < -0.3 is 25.0 Å². The highest BCUT2D eigenvalue weighted by molar-refractivity contribution is 6.30. The maximum atomic E-state index is 14.1. The molecule has 170 valence electrons. The van der Waals surface area contributed by atoms with Crippen molar-refractivity contribution in [1.82, 2.24) is 14.8 Å². The van der Waals surface area contributed by atoms with Crippen molar-refractivity contribution in [2.75, 3.05) is 13.2 Å². The summed E-state index contributed by atoms with van der Waals surface area (Å²) >= 11 is 5.75. The Hall–Kier alpha value is -2.91. The van der Waals surface area contributed by atoms with E-state index in [9.17, 15) is 29.0 Å². The summed E-state index contributed by atoms with van der Waals surface area (Å²) in [6, 6.07) is 4.37. The number of halogens is 2. The minimum absolute atomic E-state index is 0.0173. The van der Waals surface area contributed by atoms with Crippen LogP contribution in [0.5, 0.6) is 5.75 Å². The summed E-state index contributed by atoms with van der Waals surface area (Å²) in [4.78, 5) is 40.1. The number of rotatable bonds is 5. The zero-order chi connectivity index (χ0) is 23.2. The summed E-state index contributed by atoms with van der Waals surface area (Å²) < 4.78 is 15.5. The Labute approximate surface area is 188 Å². The smallest absolute Gasteiger partial charge is 0.275 e. The number of aromatic nitrogens is 1. The molecule has 3 N–H and O–H groups in total. The Morgan fingerprint density at radius 2 is 2.06 bits per heavy atom. The van der Waals surface area contributed by atoms with Crippen LogP contribution < -0.4 is 10.7 Å². The van der Waals surface area contributed by atoms with Gasteiger partial charge in [0.2, 0.25) is 5.43 Å². The van der Waals surface area contributed by atoms with Crippen LogP contribution in [0.1, 0.15) is 46.2 Å². The first-order chi connectivity index (χ1) is 15.2. The monoisotopic (exact) mass is 463 g/mol. The van der Waals surface area contributed by atoms with Gasteiger partial charge in [-0.3, -0.25) is 14.4 Å². The number of fused-ring (bicyclic) bond motifs is 1. The van der Waals surface area contributed by atoms with Crippen LogP contribution in [0.15, 0.2) is 29.2 Å². The first-order valence-corrected chi connectivity index (χ1v) is 10.7. The van der Waals surface area contributed by atoms with Crippen molar-refractivity contribution in [2.24, 2.45) is 5.92 Å². The molecule has 0 saturated heterocycles. The van der Waals surface area contributed by atoms with Gasteiger partial charge >= 0.3 is 0 Å². The molecule has 1 aromatic carbocycles. The van der Waals surface area contributed by atoms with Crippen molar-refractivity contribution in [3.05, 3.63) is 62.3 Å². The summed E-state index contributed by atoms with van der Waals surface area (Å²) in [7, 11) is 0. The minimum Gasteiger partial charge on any atom is -0.503 e.